The summed E-state index contributed by atoms with van der Waals surface area (Å²) in [5, 5.41) is 6.56. The molecule has 0 aromatic rings. The van der Waals surface area contributed by atoms with Crippen LogP contribution >= 0.6 is 24.0 Å². The van der Waals surface area contributed by atoms with Crippen LogP contribution in [0.3, 0.4) is 0 Å². The molecule has 1 aliphatic heterocycles. The van der Waals surface area contributed by atoms with Crippen LogP contribution in [0.2, 0.25) is 0 Å². The van der Waals surface area contributed by atoms with E-state index in [1.807, 2.05) is 6.08 Å². The number of likely N-dealkylation sites (N-methyl/N-ethyl adjacent to an activating group) is 1. The van der Waals surface area contributed by atoms with Crippen LogP contribution in [0.15, 0.2) is 17.6 Å². The molecule has 1 fully saturated rings. The fraction of sp³-hybridized carbons (Fsp3) is 0.800. The highest BCUT2D eigenvalue weighted by atomic mass is 127. The molecule has 6 heteroatoms. The zero-order valence-corrected chi connectivity index (χ0v) is 16.1. The number of aliphatic imine (C=N–C) groups is 1. The van der Waals surface area contributed by atoms with Crippen LogP contribution in [-0.2, 0) is 0 Å². The molecule has 0 radical (unpaired) electrons. The molecule has 0 aromatic carbocycles. The zero-order chi connectivity index (χ0) is 14.8. The van der Waals surface area contributed by atoms with Gasteiger partial charge < -0.3 is 20.4 Å². The van der Waals surface area contributed by atoms with Crippen LogP contribution < -0.4 is 10.6 Å². The molecule has 0 aromatic heterocycles. The molecule has 2 N–H and O–H groups in total. The maximum absolute atomic E-state index is 4.19. The van der Waals surface area contributed by atoms with Crippen LogP contribution in [0.25, 0.3) is 0 Å². The molecule has 1 aliphatic rings. The van der Waals surface area contributed by atoms with Gasteiger partial charge in [-0.1, -0.05) is 19.9 Å². The van der Waals surface area contributed by atoms with Gasteiger partial charge in [0.1, 0.15) is 0 Å². The Hall–Kier alpha value is -0.340. The second kappa shape index (κ2) is 12.2. The second-order valence-electron chi connectivity index (χ2n) is 5.46. The van der Waals surface area contributed by atoms with Crippen LogP contribution in [0, 0.1) is 5.92 Å². The number of nitrogens with zero attached hydrogens (tertiary/aromatic N) is 3. The topological polar surface area (TPSA) is 42.9 Å². The van der Waals surface area contributed by atoms with Gasteiger partial charge in [0, 0.05) is 52.9 Å². The Morgan fingerprint density at radius 2 is 1.86 bits per heavy atom. The van der Waals surface area contributed by atoms with Crippen molar-refractivity contribution in [3.05, 3.63) is 12.7 Å². The predicted molar refractivity (Wildman–Crippen MR) is 103 cm³/mol. The van der Waals surface area contributed by atoms with Crippen molar-refractivity contribution < 1.29 is 0 Å². The van der Waals surface area contributed by atoms with Crippen LogP contribution in [-0.4, -0.2) is 75.2 Å². The number of guanidine groups is 1. The summed E-state index contributed by atoms with van der Waals surface area (Å²) in [5.74, 6) is 1.47. The van der Waals surface area contributed by atoms with E-state index in [2.05, 4.69) is 45.9 Å². The molecule has 124 valence electrons. The minimum atomic E-state index is 0. The van der Waals surface area contributed by atoms with Crippen LogP contribution in [0.4, 0.5) is 0 Å². The van der Waals surface area contributed by atoms with Crippen LogP contribution in [0.5, 0.6) is 0 Å². The average molecular weight is 409 g/mol. The number of halogens is 1. The Bertz CT molecular complexity index is 300. The van der Waals surface area contributed by atoms with Gasteiger partial charge in [-0.05, 0) is 12.5 Å². The van der Waals surface area contributed by atoms with Crippen molar-refractivity contribution >= 4 is 29.9 Å². The van der Waals surface area contributed by atoms with Gasteiger partial charge in [0.2, 0.25) is 0 Å². The third kappa shape index (κ3) is 8.63. The van der Waals surface area contributed by atoms with E-state index in [1.165, 1.54) is 32.7 Å². The smallest absolute Gasteiger partial charge is 0.191 e. The van der Waals surface area contributed by atoms with Crippen molar-refractivity contribution in [2.75, 3.05) is 59.4 Å². The van der Waals surface area contributed by atoms with E-state index in [1.54, 1.807) is 7.05 Å². The van der Waals surface area contributed by atoms with E-state index in [-0.39, 0.29) is 24.0 Å². The van der Waals surface area contributed by atoms with Crippen molar-refractivity contribution in [1.82, 2.24) is 20.4 Å². The van der Waals surface area contributed by atoms with Gasteiger partial charge in [0.05, 0.1) is 0 Å². The number of hydrogen-bond donors (Lipinski definition) is 2. The number of nitrogens with one attached hydrogen (secondary N) is 2. The van der Waals surface area contributed by atoms with Crippen molar-refractivity contribution in [3.8, 4) is 0 Å². The second-order valence-corrected chi connectivity index (χ2v) is 5.46. The Balaban J connectivity index is 0.00000400. The first-order chi connectivity index (χ1) is 9.69. The molecule has 1 heterocycles. The Labute approximate surface area is 147 Å². The molecule has 0 spiro atoms. The number of piperazine rings is 1. The summed E-state index contributed by atoms with van der Waals surface area (Å²) in [4.78, 5) is 9.27. The van der Waals surface area contributed by atoms with Gasteiger partial charge in [0.25, 0.3) is 0 Å². The molecular weight excluding hydrogens is 377 g/mol. The largest absolute Gasteiger partial charge is 0.356 e. The summed E-state index contributed by atoms with van der Waals surface area (Å²) in [6.07, 6.45) is 1.84. The molecule has 21 heavy (non-hydrogen) atoms. The lowest BCUT2D eigenvalue weighted by Crippen LogP contribution is -2.48. The predicted octanol–water partition coefficient (Wildman–Crippen LogP) is 1.23. The third-order valence-corrected chi connectivity index (χ3v) is 3.74. The third-order valence-electron chi connectivity index (χ3n) is 3.74. The molecule has 1 unspecified atom stereocenters. The first-order valence-electron chi connectivity index (χ1n) is 7.69. The first kappa shape index (κ1) is 20.7. The quantitative estimate of drug-likeness (QED) is 0.287. The van der Waals surface area contributed by atoms with E-state index in [0.717, 1.165) is 25.6 Å². The van der Waals surface area contributed by atoms with E-state index >= 15 is 0 Å². The summed E-state index contributed by atoms with van der Waals surface area (Å²) in [5.41, 5.74) is 0. The maximum atomic E-state index is 4.19. The lowest BCUT2D eigenvalue weighted by Gasteiger charge is -2.35. The van der Waals surface area contributed by atoms with E-state index < -0.39 is 0 Å². The molecule has 0 bridgehead atoms. The summed E-state index contributed by atoms with van der Waals surface area (Å²) < 4.78 is 0. The molecular formula is C15H32IN5. The lowest BCUT2D eigenvalue weighted by molar-refractivity contribution is 0.124. The molecule has 5 nitrogen and oxygen atoms in total. The highest BCUT2D eigenvalue weighted by molar-refractivity contribution is 14.0. The maximum Gasteiger partial charge on any atom is 0.191 e. The minimum Gasteiger partial charge on any atom is -0.356 e. The van der Waals surface area contributed by atoms with E-state index in [0.29, 0.717) is 5.92 Å². The van der Waals surface area contributed by atoms with Gasteiger partial charge in [-0.25, -0.2) is 0 Å². The van der Waals surface area contributed by atoms with E-state index in [4.69, 9.17) is 0 Å². The Kier molecular flexibility index (Phi) is 12.0. The monoisotopic (exact) mass is 409 g/mol. The average Bonchev–Trinajstić information content (AvgIpc) is 2.48. The van der Waals surface area contributed by atoms with Crippen molar-refractivity contribution in [2.24, 2.45) is 10.9 Å². The van der Waals surface area contributed by atoms with Gasteiger partial charge in [-0.3, -0.25) is 4.99 Å². The van der Waals surface area contributed by atoms with Gasteiger partial charge in [-0.15, -0.1) is 30.6 Å². The SMILES string of the molecule is C=CCNC(=NC)NCC(C)CN1CCN(CC)CC1.I. The molecule has 0 aliphatic carbocycles. The Morgan fingerprint density at radius 1 is 1.24 bits per heavy atom. The normalized spacial score (nSPS) is 18.7. The fourth-order valence-electron chi connectivity index (χ4n) is 2.45. The molecule has 0 amide bonds. The summed E-state index contributed by atoms with van der Waals surface area (Å²) in [7, 11) is 1.80. The van der Waals surface area contributed by atoms with Crippen molar-refractivity contribution in [1.29, 1.82) is 0 Å². The lowest BCUT2D eigenvalue weighted by atomic mass is 10.1. The van der Waals surface area contributed by atoms with Gasteiger partial charge in [0.15, 0.2) is 5.96 Å². The first-order valence-corrected chi connectivity index (χ1v) is 7.69. The Morgan fingerprint density at radius 3 is 2.38 bits per heavy atom. The highest BCUT2D eigenvalue weighted by Crippen LogP contribution is 2.04. The fourth-order valence-corrected chi connectivity index (χ4v) is 2.45. The molecule has 1 rings (SSSR count). The van der Waals surface area contributed by atoms with E-state index in [9.17, 15) is 0 Å². The van der Waals surface area contributed by atoms with Gasteiger partial charge in [-0.2, -0.15) is 0 Å². The summed E-state index contributed by atoms with van der Waals surface area (Å²) in [6, 6.07) is 0. The van der Waals surface area contributed by atoms with Gasteiger partial charge >= 0.3 is 0 Å². The molecule has 0 saturated carbocycles. The highest BCUT2D eigenvalue weighted by Gasteiger charge is 2.17. The molecule has 1 saturated heterocycles. The summed E-state index contributed by atoms with van der Waals surface area (Å²) >= 11 is 0. The summed E-state index contributed by atoms with van der Waals surface area (Å²) in [6.45, 7) is 17.1. The number of rotatable bonds is 7. The van der Waals surface area contributed by atoms with Crippen LogP contribution in [0.1, 0.15) is 13.8 Å². The molecule has 1 atom stereocenters. The minimum absolute atomic E-state index is 0. The number of hydrogen-bond acceptors (Lipinski definition) is 3. The van der Waals surface area contributed by atoms with Crippen molar-refractivity contribution in [3.63, 3.8) is 0 Å². The standard InChI is InChI=1S/C15H31N5.HI/c1-5-7-17-15(16-4)18-12-14(3)13-20-10-8-19(6-2)9-11-20;/h5,14H,1,6-13H2,2-4H3,(H2,16,17,18);1H. The zero-order valence-electron chi connectivity index (χ0n) is 13.8. The van der Waals surface area contributed by atoms with Crippen molar-refractivity contribution in [2.45, 2.75) is 13.8 Å².